The Morgan fingerprint density at radius 3 is 2.22 bits per heavy atom. The van der Waals surface area contributed by atoms with E-state index in [4.69, 9.17) is 24.2 Å². The highest BCUT2D eigenvalue weighted by Gasteiger charge is 2.34. The fourth-order valence-electron chi connectivity index (χ4n) is 7.34. The van der Waals surface area contributed by atoms with Gasteiger partial charge in [0.25, 0.3) is 6.43 Å². The summed E-state index contributed by atoms with van der Waals surface area (Å²) in [4.78, 5) is 20.5. The lowest BCUT2D eigenvalue weighted by Crippen LogP contribution is -2.52. The third-order valence-electron chi connectivity index (χ3n) is 9.85. The van der Waals surface area contributed by atoms with Crippen LogP contribution >= 0.6 is 0 Å². The van der Waals surface area contributed by atoms with Crippen molar-refractivity contribution in [3.8, 4) is 11.7 Å². The average molecular weight is 628 g/mol. The van der Waals surface area contributed by atoms with Gasteiger partial charge in [0.2, 0.25) is 11.8 Å². The SMILES string of the molecule is OC(C1CCC(Oc2cc(-n3c(C(F)F)nc4ccccc43)nc(N3CCOCC3)n2)CC1)N1CCC(N2CCOCC2)CC1. The number of alkyl halides is 2. The lowest BCUT2D eigenvalue weighted by molar-refractivity contribution is -0.0801. The van der Waals surface area contributed by atoms with E-state index in [0.717, 1.165) is 77.9 Å². The van der Waals surface area contributed by atoms with Gasteiger partial charge in [0.15, 0.2) is 5.82 Å². The van der Waals surface area contributed by atoms with Crippen molar-refractivity contribution in [2.24, 2.45) is 5.92 Å². The monoisotopic (exact) mass is 627 g/mol. The number of likely N-dealkylation sites (tertiary alicyclic amines) is 1. The Hall–Kier alpha value is -2.97. The molecule has 1 N–H and O–H groups in total. The van der Waals surface area contributed by atoms with E-state index in [1.165, 1.54) is 4.57 Å². The summed E-state index contributed by atoms with van der Waals surface area (Å²) in [6.45, 7) is 7.75. The highest BCUT2D eigenvalue weighted by atomic mass is 19.3. The van der Waals surface area contributed by atoms with Crippen molar-refractivity contribution >= 4 is 17.0 Å². The number of piperidine rings is 1. The number of nitrogens with zero attached hydrogens (tertiary/aromatic N) is 7. The first-order valence-electron chi connectivity index (χ1n) is 16.4. The maximum absolute atomic E-state index is 14.2. The van der Waals surface area contributed by atoms with Gasteiger partial charge in [0, 0.05) is 51.4 Å². The molecule has 3 aliphatic heterocycles. The van der Waals surface area contributed by atoms with Crippen LogP contribution in [-0.2, 0) is 9.47 Å². The molecule has 45 heavy (non-hydrogen) atoms. The third kappa shape index (κ3) is 6.78. The standard InChI is InChI=1S/C32H43F2N7O4/c33-29(34)30-35-25-3-1-2-4-26(25)41(30)27-21-28(37-32(36-27)40-15-19-44-20-16-40)45-24-7-5-22(6-8-24)31(42)39-11-9-23(10-12-39)38-13-17-43-18-14-38/h1-4,21-24,29,31,42H,5-20H2. The molecule has 1 aromatic carbocycles. The maximum atomic E-state index is 14.2. The molecule has 0 bridgehead atoms. The number of halogens is 2. The van der Waals surface area contributed by atoms with Crippen LogP contribution in [0.3, 0.4) is 0 Å². The molecule has 3 aromatic rings. The summed E-state index contributed by atoms with van der Waals surface area (Å²) in [5, 5.41) is 11.3. The molecule has 5 heterocycles. The summed E-state index contributed by atoms with van der Waals surface area (Å²) in [5.41, 5.74) is 1.03. The number of benzene rings is 1. The Balaban J connectivity index is 1.04. The Labute approximate surface area is 262 Å². The molecule has 4 aliphatic rings. The van der Waals surface area contributed by atoms with Crippen LogP contribution in [0.15, 0.2) is 30.3 Å². The second-order valence-electron chi connectivity index (χ2n) is 12.5. The van der Waals surface area contributed by atoms with E-state index < -0.39 is 12.7 Å². The van der Waals surface area contributed by atoms with Crippen LogP contribution < -0.4 is 9.64 Å². The number of rotatable bonds is 8. The summed E-state index contributed by atoms with van der Waals surface area (Å²) in [5.74, 6) is 0.912. The number of morpholine rings is 2. The predicted octanol–water partition coefficient (Wildman–Crippen LogP) is 3.64. The molecule has 11 nitrogen and oxygen atoms in total. The molecular weight excluding hydrogens is 584 g/mol. The highest BCUT2D eigenvalue weighted by Crippen LogP contribution is 2.34. The van der Waals surface area contributed by atoms with Crippen molar-refractivity contribution in [3.63, 3.8) is 0 Å². The number of ether oxygens (including phenoxy) is 3. The molecule has 0 spiro atoms. The van der Waals surface area contributed by atoms with Gasteiger partial charge in [0.05, 0.1) is 37.5 Å². The van der Waals surface area contributed by atoms with Gasteiger partial charge in [0.1, 0.15) is 18.1 Å². The first-order valence-corrected chi connectivity index (χ1v) is 16.4. The Morgan fingerprint density at radius 2 is 1.51 bits per heavy atom. The molecule has 3 saturated heterocycles. The van der Waals surface area contributed by atoms with Crippen molar-refractivity contribution in [1.29, 1.82) is 0 Å². The minimum absolute atomic E-state index is 0.0881. The summed E-state index contributed by atoms with van der Waals surface area (Å²) < 4.78 is 47.3. The molecule has 1 unspecified atom stereocenters. The summed E-state index contributed by atoms with van der Waals surface area (Å²) in [6, 6.07) is 9.30. The number of hydrogen-bond donors (Lipinski definition) is 1. The Kier molecular flexibility index (Phi) is 9.40. The lowest BCUT2D eigenvalue weighted by atomic mass is 9.85. The van der Waals surface area contributed by atoms with Crippen LogP contribution in [-0.4, -0.2) is 118 Å². The first kappa shape index (κ1) is 30.7. The van der Waals surface area contributed by atoms with Crippen molar-refractivity contribution < 1.29 is 28.1 Å². The summed E-state index contributed by atoms with van der Waals surface area (Å²) in [6.07, 6.45) is 2.12. The van der Waals surface area contributed by atoms with E-state index in [1.54, 1.807) is 30.3 Å². The smallest absolute Gasteiger partial charge is 0.296 e. The zero-order chi connectivity index (χ0) is 30.8. The van der Waals surface area contributed by atoms with Gasteiger partial charge in [-0.25, -0.2) is 13.8 Å². The molecule has 244 valence electrons. The zero-order valence-electron chi connectivity index (χ0n) is 25.6. The second kappa shape index (κ2) is 13.8. The number of aliphatic hydroxyl groups excluding tert-OH is 1. The molecule has 0 amide bonds. The Bertz CT molecular complexity index is 1420. The molecule has 7 rings (SSSR count). The lowest BCUT2D eigenvalue weighted by Gasteiger charge is -2.43. The number of aliphatic hydroxyl groups is 1. The maximum Gasteiger partial charge on any atom is 0.296 e. The fraction of sp³-hybridized carbons (Fsp3) is 0.656. The zero-order valence-corrected chi connectivity index (χ0v) is 25.6. The molecular formula is C32H43F2N7O4. The van der Waals surface area contributed by atoms with Crippen molar-refractivity contribution in [1.82, 2.24) is 29.3 Å². The van der Waals surface area contributed by atoms with Gasteiger partial charge >= 0.3 is 0 Å². The van der Waals surface area contributed by atoms with Crippen LogP contribution in [0.1, 0.15) is 50.8 Å². The molecule has 13 heteroatoms. The van der Waals surface area contributed by atoms with E-state index >= 15 is 0 Å². The second-order valence-corrected chi connectivity index (χ2v) is 12.5. The van der Waals surface area contributed by atoms with Crippen molar-refractivity contribution in [2.75, 3.05) is 70.6 Å². The minimum atomic E-state index is -2.78. The van der Waals surface area contributed by atoms with E-state index in [0.29, 0.717) is 61.0 Å². The predicted molar refractivity (Wildman–Crippen MR) is 164 cm³/mol. The van der Waals surface area contributed by atoms with E-state index in [-0.39, 0.29) is 17.8 Å². The number of imidazole rings is 1. The summed E-state index contributed by atoms with van der Waals surface area (Å²) >= 11 is 0. The van der Waals surface area contributed by atoms with Crippen LogP contribution in [0.25, 0.3) is 16.9 Å². The first-order chi connectivity index (χ1) is 22.0. The molecule has 1 saturated carbocycles. The molecule has 1 atom stereocenters. The van der Waals surface area contributed by atoms with Crippen molar-refractivity contribution in [2.45, 2.75) is 63.3 Å². The van der Waals surface area contributed by atoms with Crippen LogP contribution in [0.2, 0.25) is 0 Å². The number of para-hydroxylation sites is 2. The minimum Gasteiger partial charge on any atom is -0.474 e. The van der Waals surface area contributed by atoms with Gasteiger partial charge in [-0.3, -0.25) is 14.4 Å². The number of aromatic nitrogens is 4. The van der Waals surface area contributed by atoms with Gasteiger partial charge in [-0.2, -0.15) is 9.97 Å². The topological polar surface area (TPSA) is 101 Å². The molecule has 4 fully saturated rings. The fourth-order valence-corrected chi connectivity index (χ4v) is 7.34. The largest absolute Gasteiger partial charge is 0.474 e. The van der Waals surface area contributed by atoms with Gasteiger partial charge in [-0.15, -0.1) is 0 Å². The van der Waals surface area contributed by atoms with Crippen LogP contribution in [0, 0.1) is 5.92 Å². The molecule has 0 radical (unpaired) electrons. The number of fused-ring (bicyclic) bond motifs is 1. The number of anilines is 1. The average Bonchev–Trinajstić information content (AvgIpc) is 3.49. The van der Waals surface area contributed by atoms with E-state index in [2.05, 4.69) is 14.8 Å². The number of hydrogen-bond acceptors (Lipinski definition) is 10. The van der Waals surface area contributed by atoms with E-state index in [9.17, 15) is 13.9 Å². The van der Waals surface area contributed by atoms with Crippen LogP contribution in [0.5, 0.6) is 5.88 Å². The van der Waals surface area contributed by atoms with Crippen LogP contribution in [0.4, 0.5) is 14.7 Å². The quantitative estimate of drug-likeness (QED) is 0.399. The molecule has 2 aromatic heterocycles. The van der Waals surface area contributed by atoms with Gasteiger partial charge < -0.3 is 24.2 Å². The van der Waals surface area contributed by atoms with Gasteiger partial charge in [-0.1, -0.05) is 12.1 Å². The van der Waals surface area contributed by atoms with Crippen molar-refractivity contribution in [3.05, 3.63) is 36.2 Å². The highest BCUT2D eigenvalue weighted by molar-refractivity contribution is 5.78. The summed E-state index contributed by atoms with van der Waals surface area (Å²) in [7, 11) is 0. The van der Waals surface area contributed by atoms with E-state index in [1.807, 2.05) is 4.90 Å². The molecule has 1 aliphatic carbocycles. The Morgan fingerprint density at radius 1 is 0.822 bits per heavy atom. The normalized spacial score (nSPS) is 25.2. The van der Waals surface area contributed by atoms with Gasteiger partial charge in [-0.05, 0) is 56.6 Å². The third-order valence-corrected chi connectivity index (χ3v) is 9.85.